The third-order valence-electron chi connectivity index (χ3n) is 3.53. The van der Waals surface area contributed by atoms with Gasteiger partial charge in [-0.25, -0.2) is 0 Å². The van der Waals surface area contributed by atoms with E-state index in [1.165, 1.54) is 6.42 Å². The molecule has 106 valence electrons. The van der Waals surface area contributed by atoms with E-state index in [1.807, 2.05) is 0 Å². The molecule has 5 nitrogen and oxygen atoms in total. The standard InChI is InChI=1S/C13H25NO4/c1-16-7-8-17-9-10-18-12(15)13(11-14)5-3-2-4-6-13/h2-11,14H2,1H3. The summed E-state index contributed by atoms with van der Waals surface area (Å²) >= 11 is 0. The fourth-order valence-corrected chi connectivity index (χ4v) is 2.31. The quantitative estimate of drug-likeness (QED) is 0.522. The van der Waals surface area contributed by atoms with E-state index >= 15 is 0 Å². The third kappa shape index (κ3) is 4.55. The molecule has 0 bridgehead atoms. The van der Waals surface area contributed by atoms with Crippen LogP contribution in [0, 0.1) is 5.41 Å². The average Bonchev–Trinajstić information content (AvgIpc) is 2.43. The second-order valence-electron chi connectivity index (χ2n) is 4.79. The molecule has 1 saturated carbocycles. The van der Waals surface area contributed by atoms with E-state index in [4.69, 9.17) is 19.9 Å². The fourth-order valence-electron chi connectivity index (χ4n) is 2.31. The van der Waals surface area contributed by atoms with Crippen LogP contribution in [-0.4, -0.2) is 46.1 Å². The topological polar surface area (TPSA) is 70.8 Å². The number of carbonyl (C=O) groups is 1. The summed E-state index contributed by atoms with van der Waals surface area (Å²) in [6.45, 7) is 2.17. The third-order valence-corrected chi connectivity index (χ3v) is 3.53. The van der Waals surface area contributed by atoms with Crippen molar-refractivity contribution >= 4 is 5.97 Å². The van der Waals surface area contributed by atoms with Crippen molar-refractivity contribution in [2.45, 2.75) is 32.1 Å². The van der Waals surface area contributed by atoms with Gasteiger partial charge in [0.15, 0.2) is 0 Å². The van der Waals surface area contributed by atoms with Crippen molar-refractivity contribution in [2.24, 2.45) is 11.1 Å². The Morgan fingerprint density at radius 3 is 2.39 bits per heavy atom. The van der Waals surface area contributed by atoms with E-state index in [-0.39, 0.29) is 5.97 Å². The largest absolute Gasteiger partial charge is 0.463 e. The van der Waals surface area contributed by atoms with Crippen LogP contribution in [0.15, 0.2) is 0 Å². The Balaban J connectivity index is 2.21. The highest BCUT2D eigenvalue weighted by molar-refractivity contribution is 5.77. The lowest BCUT2D eigenvalue weighted by atomic mass is 9.74. The van der Waals surface area contributed by atoms with Crippen molar-refractivity contribution in [2.75, 3.05) is 40.1 Å². The van der Waals surface area contributed by atoms with Crippen LogP contribution in [0.25, 0.3) is 0 Å². The molecule has 0 heterocycles. The zero-order chi connectivity index (χ0) is 13.3. The number of ether oxygens (including phenoxy) is 3. The van der Waals surface area contributed by atoms with Crippen LogP contribution in [0.4, 0.5) is 0 Å². The summed E-state index contributed by atoms with van der Waals surface area (Å²) in [6.07, 6.45) is 5.03. The van der Waals surface area contributed by atoms with Crippen LogP contribution in [-0.2, 0) is 19.0 Å². The number of hydrogen-bond acceptors (Lipinski definition) is 5. The molecule has 0 atom stereocenters. The Bertz CT molecular complexity index is 239. The van der Waals surface area contributed by atoms with E-state index < -0.39 is 5.41 Å². The summed E-state index contributed by atoms with van der Waals surface area (Å²) in [5, 5.41) is 0. The molecule has 0 radical (unpaired) electrons. The summed E-state index contributed by atoms with van der Waals surface area (Å²) < 4.78 is 15.4. The smallest absolute Gasteiger partial charge is 0.313 e. The summed E-state index contributed by atoms with van der Waals surface area (Å²) in [5.41, 5.74) is 5.32. The molecule has 0 aromatic heterocycles. The van der Waals surface area contributed by atoms with Crippen molar-refractivity contribution in [1.29, 1.82) is 0 Å². The van der Waals surface area contributed by atoms with Gasteiger partial charge in [0.1, 0.15) is 6.61 Å². The lowest BCUT2D eigenvalue weighted by molar-refractivity contribution is -0.159. The minimum Gasteiger partial charge on any atom is -0.463 e. The summed E-state index contributed by atoms with van der Waals surface area (Å²) in [7, 11) is 1.62. The predicted molar refractivity (Wildman–Crippen MR) is 68.2 cm³/mol. The Morgan fingerprint density at radius 2 is 1.78 bits per heavy atom. The van der Waals surface area contributed by atoms with Gasteiger partial charge in [-0.1, -0.05) is 19.3 Å². The Kier molecular flexibility index (Phi) is 7.23. The molecule has 1 rings (SSSR count). The number of hydrogen-bond donors (Lipinski definition) is 1. The maximum absolute atomic E-state index is 12.1. The lowest BCUT2D eigenvalue weighted by Crippen LogP contribution is -2.42. The monoisotopic (exact) mass is 259 g/mol. The molecule has 0 unspecified atom stereocenters. The van der Waals surface area contributed by atoms with Gasteiger partial charge in [-0.3, -0.25) is 4.79 Å². The van der Waals surface area contributed by atoms with Crippen molar-refractivity contribution in [1.82, 2.24) is 0 Å². The molecule has 1 fully saturated rings. The number of esters is 1. The molecule has 1 aliphatic carbocycles. The minimum absolute atomic E-state index is 0.153. The summed E-state index contributed by atoms with van der Waals surface area (Å²) in [4.78, 5) is 12.1. The molecule has 1 aliphatic rings. The van der Waals surface area contributed by atoms with Gasteiger partial charge in [0.05, 0.1) is 25.2 Å². The van der Waals surface area contributed by atoms with Crippen LogP contribution in [0.3, 0.4) is 0 Å². The predicted octanol–water partition coefficient (Wildman–Crippen LogP) is 1.10. The fraction of sp³-hybridized carbons (Fsp3) is 0.923. The number of rotatable bonds is 8. The molecule has 0 aromatic rings. The SMILES string of the molecule is COCCOCCOC(=O)C1(CN)CCCCC1. The maximum atomic E-state index is 12.1. The van der Waals surface area contributed by atoms with Crippen LogP contribution >= 0.6 is 0 Å². The van der Waals surface area contributed by atoms with Gasteiger partial charge >= 0.3 is 5.97 Å². The van der Waals surface area contributed by atoms with Crippen molar-refractivity contribution in [3.05, 3.63) is 0 Å². The van der Waals surface area contributed by atoms with Gasteiger partial charge in [-0.15, -0.1) is 0 Å². The molecule has 2 N–H and O–H groups in total. The first-order valence-electron chi connectivity index (χ1n) is 6.69. The minimum atomic E-state index is -0.440. The van der Waals surface area contributed by atoms with Crippen LogP contribution < -0.4 is 5.73 Å². The van der Waals surface area contributed by atoms with Gasteiger partial charge in [0, 0.05) is 13.7 Å². The maximum Gasteiger partial charge on any atom is 0.313 e. The highest BCUT2D eigenvalue weighted by atomic mass is 16.6. The van der Waals surface area contributed by atoms with Gasteiger partial charge in [0.2, 0.25) is 0 Å². The average molecular weight is 259 g/mol. The zero-order valence-electron chi connectivity index (χ0n) is 11.3. The van der Waals surface area contributed by atoms with Crippen LogP contribution in [0.1, 0.15) is 32.1 Å². The molecular weight excluding hydrogens is 234 g/mol. The highest BCUT2D eigenvalue weighted by Gasteiger charge is 2.39. The van der Waals surface area contributed by atoms with Crippen molar-refractivity contribution in [3.63, 3.8) is 0 Å². The second-order valence-corrected chi connectivity index (χ2v) is 4.79. The van der Waals surface area contributed by atoms with E-state index in [0.29, 0.717) is 33.0 Å². The van der Waals surface area contributed by atoms with E-state index in [1.54, 1.807) is 7.11 Å². The number of nitrogens with two attached hydrogens (primary N) is 1. The lowest BCUT2D eigenvalue weighted by Gasteiger charge is -2.33. The second kappa shape index (κ2) is 8.45. The zero-order valence-corrected chi connectivity index (χ0v) is 11.3. The Hall–Kier alpha value is -0.650. The Labute approximate surface area is 109 Å². The highest BCUT2D eigenvalue weighted by Crippen LogP contribution is 2.36. The van der Waals surface area contributed by atoms with Gasteiger partial charge in [-0.2, -0.15) is 0 Å². The van der Waals surface area contributed by atoms with Crippen molar-refractivity contribution in [3.8, 4) is 0 Å². The molecule has 0 spiro atoms. The van der Waals surface area contributed by atoms with E-state index in [2.05, 4.69) is 0 Å². The summed E-state index contributed by atoms with van der Waals surface area (Å²) in [6, 6.07) is 0. The molecule has 18 heavy (non-hydrogen) atoms. The first-order chi connectivity index (χ1) is 8.75. The van der Waals surface area contributed by atoms with Gasteiger partial charge < -0.3 is 19.9 Å². The molecule has 0 saturated heterocycles. The van der Waals surface area contributed by atoms with Gasteiger partial charge in [-0.05, 0) is 12.8 Å². The Morgan fingerprint density at radius 1 is 1.11 bits per heavy atom. The molecule has 0 aromatic carbocycles. The number of carbonyl (C=O) groups excluding carboxylic acids is 1. The van der Waals surface area contributed by atoms with Crippen LogP contribution in [0.5, 0.6) is 0 Å². The summed E-state index contributed by atoms with van der Waals surface area (Å²) in [5.74, 6) is -0.153. The van der Waals surface area contributed by atoms with Crippen LogP contribution in [0.2, 0.25) is 0 Å². The van der Waals surface area contributed by atoms with Gasteiger partial charge in [0.25, 0.3) is 0 Å². The number of methoxy groups -OCH3 is 1. The first-order valence-corrected chi connectivity index (χ1v) is 6.69. The van der Waals surface area contributed by atoms with E-state index in [9.17, 15) is 4.79 Å². The molecular formula is C13H25NO4. The first kappa shape index (κ1) is 15.4. The molecule has 0 amide bonds. The van der Waals surface area contributed by atoms with Crippen molar-refractivity contribution < 1.29 is 19.0 Å². The molecule has 5 heteroatoms. The van der Waals surface area contributed by atoms with E-state index in [0.717, 1.165) is 25.7 Å². The normalized spacial score (nSPS) is 18.6. The molecule has 0 aliphatic heterocycles.